The number of carboxylic acid groups (broad SMARTS) is 1. The van der Waals surface area contributed by atoms with Gasteiger partial charge in [0.05, 0.1) is 7.11 Å². The van der Waals surface area contributed by atoms with E-state index in [-0.39, 0.29) is 5.92 Å². The van der Waals surface area contributed by atoms with Crippen LogP contribution in [-0.4, -0.2) is 23.3 Å². The van der Waals surface area contributed by atoms with Crippen molar-refractivity contribution in [3.63, 3.8) is 0 Å². The number of carbonyl (C=O) groups is 1. The van der Waals surface area contributed by atoms with Crippen molar-refractivity contribution < 1.29 is 19.7 Å². The molecule has 0 aliphatic carbocycles. The number of methoxy groups -OCH3 is 1. The lowest BCUT2D eigenvalue weighted by molar-refractivity contribution is -0.147. The normalized spacial score (nSPS) is 12.6. The molecule has 1 rings (SSSR count). The molecule has 4 nitrogen and oxygen atoms in total. The van der Waals surface area contributed by atoms with Crippen LogP contribution in [0.5, 0.6) is 5.75 Å². The second-order valence-corrected chi connectivity index (χ2v) is 4.31. The Morgan fingerprint density at radius 1 is 1.35 bits per heavy atom. The average molecular weight is 238 g/mol. The SMILES string of the molecule is COc1c(C)ccc(C(C)C)c1C(O)C(=O)O. The maximum absolute atomic E-state index is 10.9. The third-order valence-electron chi connectivity index (χ3n) is 2.76. The molecule has 0 saturated heterocycles. The summed E-state index contributed by atoms with van der Waals surface area (Å²) in [5.41, 5.74) is 1.96. The minimum atomic E-state index is -1.55. The standard InChI is InChI=1S/C13H18O4/c1-7(2)9-6-5-8(3)12(17-4)10(9)11(14)13(15)16/h5-7,11,14H,1-4H3,(H,15,16). The zero-order valence-electron chi connectivity index (χ0n) is 10.5. The summed E-state index contributed by atoms with van der Waals surface area (Å²) in [7, 11) is 1.48. The van der Waals surface area contributed by atoms with Crippen LogP contribution in [0, 0.1) is 6.92 Å². The van der Waals surface area contributed by atoms with Crippen LogP contribution in [0.4, 0.5) is 0 Å². The van der Waals surface area contributed by atoms with E-state index in [2.05, 4.69) is 0 Å². The summed E-state index contributed by atoms with van der Waals surface area (Å²) >= 11 is 0. The highest BCUT2D eigenvalue weighted by Gasteiger charge is 2.26. The first-order chi connectivity index (χ1) is 7.90. The molecule has 0 amide bonds. The van der Waals surface area contributed by atoms with E-state index in [4.69, 9.17) is 9.84 Å². The largest absolute Gasteiger partial charge is 0.496 e. The van der Waals surface area contributed by atoms with Crippen LogP contribution in [0.3, 0.4) is 0 Å². The number of aliphatic carboxylic acids is 1. The Balaban J connectivity index is 3.49. The van der Waals surface area contributed by atoms with Gasteiger partial charge in [-0.3, -0.25) is 0 Å². The number of aliphatic hydroxyl groups excluding tert-OH is 1. The first-order valence-electron chi connectivity index (χ1n) is 5.48. The molecule has 1 aromatic rings. The van der Waals surface area contributed by atoms with Crippen molar-refractivity contribution in [2.24, 2.45) is 0 Å². The zero-order chi connectivity index (χ0) is 13.2. The van der Waals surface area contributed by atoms with Crippen molar-refractivity contribution in [3.8, 4) is 5.75 Å². The highest BCUT2D eigenvalue weighted by molar-refractivity contribution is 5.76. The van der Waals surface area contributed by atoms with Crippen LogP contribution in [0.15, 0.2) is 12.1 Å². The molecule has 94 valence electrons. The maximum atomic E-state index is 10.9. The Bertz CT molecular complexity index is 424. The molecule has 2 N–H and O–H groups in total. The number of hydrogen-bond acceptors (Lipinski definition) is 3. The van der Waals surface area contributed by atoms with Gasteiger partial charge in [-0.2, -0.15) is 0 Å². The molecule has 0 saturated carbocycles. The molecule has 4 heteroatoms. The highest BCUT2D eigenvalue weighted by atomic mass is 16.5. The van der Waals surface area contributed by atoms with Crippen LogP contribution in [0.25, 0.3) is 0 Å². The summed E-state index contributed by atoms with van der Waals surface area (Å²) in [6.07, 6.45) is -1.55. The lowest BCUT2D eigenvalue weighted by Crippen LogP contribution is -2.15. The molecule has 1 aromatic carbocycles. The van der Waals surface area contributed by atoms with E-state index >= 15 is 0 Å². The molecule has 0 fully saturated rings. The lowest BCUT2D eigenvalue weighted by Gasteiger charge is -2.20. The molecular weight excluding hydrogens is 220 g/mol. The number of ether oxygens (including phenoxy) is 1. The fraction of sp³-hybridized carbons (Fsp3) is 0.462. The van der Waals surface area contributed by atoms with Gasteiger partial charge < -0.3 is 14.9 Å². The van der Waals surface area contributed by atoms with Crippen LogP contribution in [0.2, 0.25) is 0 Å². The van der Waals surface area contributed by atoms with Crippen molar-refractivity contribution in [1.82, 2.24) is 0 Å². The van der Waals surface area contributed by atoms with Gasteiger partial charge in [0.2, 0.25) is 0 Å². The molecule has 0 aliphatic rings. The van der Waals surface area contributed by atoms with Crippen molar-refractivity contribution in [2.75, 3.05) is 7.11 Å². The van der Waals surface area contributed by atoms with Gasteiger partial charge in [0, 0.05) is 5.56 Å². The van der Waals surface area contributed by atoms with Gasteiger partial charge in [-0.15, -0.1) is 0 Å². The smallest absolute Gasteiger partial charge is 0.337 e. The molecule has 0 bridgehead atoms. The quantitative estimate of drug-likeness (QED) is 0.844. The van der Waals surface area contributed by atoms with Gasteiger partial charge >= 0.3 is 5.97 Å². The predicted octanol–water partition coefficient (Wildman–Crippen LogP) is 2.25. The molecule has 17 heavy (non-hydrogen) atoms. The molecule has 0 heterocycles. The molecular formula is C13H18O4. The second kappa shape index (κ2) is 5.19. The summed E-state index contributed by atoms with van der Waals surface area (Å²) in [6.45, 7) is 5.71. The third-order valence-corrected chi connectivity index (χ3v) is 2.76. The second-order valence-electron chi connectivity index (χ2n) is 4.31. The van der Waals surface area contributed by atoms with E-state index in [9.17, 15) is 9.90 Å². The van der Waals surface area contributed by atoms with E-state index in [1.807, 2.05) is 32.9 Å². The average Bonchev–Trinajstić information content (AvgIpc) is 2.26. The first-order valence-corrected chi connectivity index (χ1v) is 5.48. The summed E-state index contributed by atoms with van der Waals surface area (Å²) < 4.78 is 5.21. The van der Waals surface area contributed by atoms with Gasteiger partial charge in [0.1, 0.15) is 5.75 Å². The topological polar surface area (TPSA) is 66.8 Å². The van der Waals surface area contributed by atoms with Crippen LogP contribution in [0.1, 0.15) is 42.6 Å². The number of aryl methyl sites for hydroxylation is 1. The predicted molar refractivity (Wildman–Crippen MR) is 64.4 cm³/mol. The molecule has 0 spiro atoms. The minimum Gasteiger partial charge on any atom is -0.496 e. The van der Waals surface area contributed by atoms with Crippen LogP contribution < -0.4 is 4.74 Å². The van der Waals surface area contributed by atoms with E-state index in [0.717, 1.165) is 11.1 Å². The van der Waals surface area contributed by atoms with Gasteiger partial charge in [-0.05, 0) is 24.0 Å². The summed E-state index contributed by atoms with van der Waals surface area (Å²) in [6, 6.07) is 3.70. The Morgan fingerprint density at radius 2 is 1.94 bits per heavy atom. The van der Waals surface area contributed by atoms with Crippen LogP contribution >= 0.6 is 0 Å². The Kier molecular flexibility index (Phi) is 4.12. The Hall–Kier alpha value is -1.55. The fourth-order valence-electron chi connectivity index (χ4n) is 1.90. The highest BCUT2D eigenvalue weighted by Crippen LogP contribution is 2.35. The van der Waals surface area contributed by atoms with Gasteiger partial charge in [-0.1, -0.05) is 26.0 Å². The molecule has 1 unspecified atom stereocenters. The summed E-state index contributed by atoms with van der Waals surface area (Å²) in [4.78, 5) is 10.9. The van der Waals surface area contributed by atoms with E-state index in [1.165, 1.54) is 7.11 Å². The number of aliphatic hydroxyl groups is 1. The third kappa shape index (κ3) is 2.58. The molecule has 1 atom stereocenters. The molecule has 0 radical (unpaired) electrons. The minimum absolute atomic E-state index is 0.119. The van der Waals surface area contributed by atoms with Crippen molar-refractivity contribution in [1.29, 1.82) is 0 Å². The number of rotatable bonds is 4. The van der Waals surface area contributed by atoms with Crippen molar-refractivity contribution >= 4 is 5.97 Å². The van der Waals surface area contributed by atoms with Gasteiger partial charge in [0.25, 0.3) is 0 Å². The van der Waals surface area contributed by atoms with Gasteiger partial charge in [0.15, 0.2) is 6.10 Å². The number of hydrogen-bond donors (Lipinski definition) is 2. The monoisotopic (exact) mass is 238 g/mol. The van der Waals surface area contributed by atoms with E-state index in [0.29, 0.717) is 11.3 Å². The zero-order valence-corrected chi connectivity index (χ0v) is 10.5. The number of carboxylic acids is 1. The van der Waals surface area contributed by atoms with E-state index in [1.54, 1.807) is 0 Å². The van der Waals surface area contributed by atoms with Gasteiger partial charge in [-0.25, -0.2) is 4.79 Å². The number of benzene rings is 1. The van der Waals surface area contributed by atoms with E-state index < -0.39 is 12.1 Å². The first kappa shape index (κ1) is 13.5. The Morgan fingerprint density at radius 3 is 2.35 bits per heavy atom. The van der Waals surface area contributed by atoms with Crippen molar-refractivity contribution in [3.05, 3.63) is 28.8 Å². The Labute approximate surface area is 101 Å². The molecule has 0 aromatic heterocycles. The lowest BCUT2D eigenvalue weighted by atomic mass is 9.91. The fourth-order valence-corrected chi connectivity index (χ4v) is 1.90. The maximum Gasteiger partial charge on any atom is 0.337 e. The molecule has 0 aliphatic heterocycles. The summed E-state index contributed by atoms with van der Waals surface area (Å²) in [5, 5.41) is 18.7. The van der Waals surface area contributed by atoms with Crippen LogP contribution in [-0.2, 0) is 4.79 Å². The van der Waals surface area contributed by atoms with Crippen molar-refractivity contribution in [2.45, 2.75) is 32.8 Å². The summed E-state index contributed by atoms with van der Waals surface area (Å²) in [5.74, 6) is -0.699.